The van der Waals surface area contributed by atoms with E-state index in [2.05, 4.69) is 5.32 Å². The molecule has 1 amide bonds. The predicted octanol–water partition coefficient (Wildman–Crippen LogP) is 1.83. The van der Waals surface area contributed by atoms with E-state index < -0.39 is 18.1 Å². The van der Waals surface area contributed by atoms with Crippen molar-refractivity contribution in [3.8, 4) is 5.75 Å². The molecule has 6 heteroatoms. The van der Waals surface area contributed by atoms with Gasteiger partial charge in [-0.15, -0.1) is 0 Å². The van der Waals surface area contributed by atoms with Gasteiger partial charge in [-0.1, -0.05) is 18.2 Å². The standard InChI is InChI=1S/C14H19NO5/c1-9(2)20-14(18)15-11(13(16)17)8-10-6-4-5-7-12(10)19-3/h4-7,9,11H,8H2,1-3H3,(H,15,18)(H,16,17)/t11-/m0/s1. The number of para-hydroxylation sites is 1. The van der Waals surface area contributed by atoms with Crippen molar-refractivity contribution in [1.82, 2.24) is 5.32 Å². The lowest BCUT2D eigenvalue weighted by Gasteiger charge is -2.17. The van der Waals surface area contributed by atoms with Crippen molar-refractivity contribution in [1.29, 1.82) is 0 Å². The summed E-state index contributed by atoms with van der Waals surface area (Å²) in [6.07, 6.45) is -0.940. The molecule has 1 aromatic carbocycles. The normalized spacial score (nSPS) is 11.8. The first-order chi connectivity index (χ1) is 9.43. The van der Waals surface area contributed by atoms with Crippen LogP contribution < -0.4 is 10.1 Å². The second kappa shape index (κ2) is 7.37. The molecule has 0 bridgehead atoms. The van der Waals surface area contributed by atoms with Gasteiger partial charge in [0.15, 0.2) is 0 Å². The number of rotatable bonds is 6. The van der Waals surface area contributed by atoms with Crippen LogP contribution in [0.5, 0.6) is 5.75 Å². The number of hydrogen-bond donors (Lipinski definition) is 2. The van der Waals surface area contributed by atoms with E-state index in [0.717, 1.165) is 0 Å². The Kier molecular flexibility index (Phi) is 5.83. The minimum atomic E-state index is -1.13. The fourth-order valence-electron chi connectivity index (χ4n) is 1.68. The minimum Gasteiger partial charge on any atom is -0.496 e. The van der Waals surface area contributed by atoms with Crippen LogP contribution in [-0.2, 0) is 16.0 Å². The van der Waals surface area contributed by atoms with Gasteiger partial charge in [-0.3, -0.25) is 0 Å². The number of hydrogen-bond acceptors (Lipinski definition) is 4. The number of amides is 1. The van der Waals surface area contributed by atoms with Crippen LogP contribution in [0.15, 0.2) is 24.3 Å². The van der Waals surface area contributed by atoms with E-state index in [1.807, 2.05) is 0 Å². The Morgan fingerprint density at radius 3 is 2.50 bits per heavy atom. The summed E-state index contributed by atoms with van der Waals surface area (Å²) in [5.74, 6) is -0.547. The molecule has 1 rings (SSSR count). The van der Waals surface area contributed by atoms with Gasteiger partial charge in [0.1, 0.15) is 11.8 Å². The smallest absolute Gasteiger partial charge is 0.408 e. The highest BCUT2D eigenvalue weighted by Crippen LogP contribution is 2.19. The number of alkyl carbamates (subject to hydrolysis) is 1. The molecule has 110 valence electrons. The summed E-state index contributed by atoms with van der Waals surface area (Å²) >= 11 is 0. The number of carbonyl (C=O) groups excluding carboxylic acids is 1. The molecule has 2 N–H and O–H groups in total. The lowest BCUT2D eigenvalue weighted by Crippen LogP contribution is -2.43. The Bertz CT molecular complexity index is 472. The maximum absolute atomic E-state index is 11.5. The number of aliphatic carboxylic acids is 1. The molecule has 1 atom stereocenters. The van der Waals surface area contributed by atoms with Gasteiger partial charge in [0.2, 0.25) is 0 Å². The summed E-state index contributed by atoms with van der Waals surface area (Å²) in [6, 6.07) is 5.99. The molecule has 20 heavy (non-hydrogen) atoms. The SMILES string of the molecule is COc1ccccc1C[C@H](NC(=O)OC(C)C)C(=O)O. The van der Waals surface area contributed by atoms with Crippen molar-refractivity contribution in [2.45, 2.75) is 32.4 Å². The highest BCUT2D eigenvalue weighted by atomic mass is 16.6. The number of ether oxygens (including phenoxy) is 2. The van der Waals surface area contributed by atoms with Crippen LogP contribution in [0, 0.1) is 0 Å². The van der Waals surface area contributed by atoms with E-state index in [4.69, 9.17) is 9.47 Å². The Labute approximate surface area is 117 Å². The third-order valence-electron chi connectivity index (χ3n) is 2.55. The molecule has 0 aliphatic carbocycles. The zero-order valence-electron chi connectivity index (χ0n) is 11.8. The van der Waals surface area contributed by atoms with Gasteiger partial charge in [0.25, 0.3) is 0 Å². The fraction of sp³-hybridized carbons (Fsp3) is 0.429. The molecule has 0 aromatic heterocycles. The first kappa shape index (κ1) is 15.8. The van der Waals surface area contributed by atoms with Crippen molar-refractivity contribution >= 4 is 12.1 Å². The summed E-state index contributed by atoms with van der Waals surface area (Å²) in [5.41, 5.74) is 0.701. The average Bonchev–Trinajstić information content (AvgIpc) is 2.37. The first-order valence-corrected chi connectivity index (χ1v) is 6.26. The second-order valence-corrected chi connectivity index (χ2v) is 4.51. The number of carboxylic acid groups (broad SMARTS) is 1. The minimum absolute atomic E-state index is 0.118. The van der Waals surface area contributed by atoms with Crippen molar-refractivity contribution < 1.29 is 24.2 Å². The maximum atomic E-state index is 11.5. The van der Waals surface area contributed by atoms with E-state index in [0.29, 0.717) is 11.3 Å². The molecular formula is C14H19NO5. The van der Waals surface area contributed by atoms with E-state index in [-0.39, 0.29) is 12.5 Å². The van der Waals surface area contributed by atoms with Crippen LogP contribution in [0.25, 0.3) is 0 Å². The molecule has 1 aromatic rings. The molecule has 0 fully saturated rings. The van der Waals surface area contributed by atoms with Crippen LogP contribution >= 0.6 is 0 Å². The molecule has 0 radical (unpaired) electrons. The third-order valence-corrected chi connectivity index (χ3v) is 2.55. The Balaban J connectivity index is 2.77. The van der Waals surface area contributed by atoms with Crippen LogP contribution in [-0.4, -0.2) is 36.4 Å². The van der Waals surface area contributed by atoms with Crippen LogP contribution in [0.1, 0.15) is 19.4 Å². The van der Waals surface area contributed by atoms with Crippen LogP contribution in [0.2, 0.25) is 0 Å². The lowest BCUT2D eigenvalue weighted by molar-refractivity contribution is -0.139. The van der Waals surface area contributed by atoms with Gasteiger partial charge >= 0.3 is 12.1 Å². The number of carboxylic acids is 1. The summed E-state index contributed by atoms with van der Waals surface area (Å²) in [7, 11) is 1.51. The Morgan fingerprint density at radius 2 is 1.95 bits per heavy atom. The predicted molar refractivity (Wildman–Crippen MR) is 72.9 cm³/mol. The molecule has 0 aliphatic heterocycles. The maximum Gasteiger partial charge on any atom is 0.408 e. The summed E-state index contributed by atoms with van der Waals surface area (Å²) in [5, 5.41) is 11.5. The topological polar surface area (TPSA) is 84.9 Å². The Hall–Kier alpha value is -2.24. The monoisotopic (exact) mass is 281 g/mol. The van der Waals surface area contributed by atoms with Crippen molar-refractivity contribution in [3.63, 3.8) is 0 Å². The number of benzene rings is 1. The Morgan fingerprint density at radius 1 is 1.30 bits per heavy atom. The number of nitrogens with one attached hydrogen (secondary N) is 1. The van der Waals surface area contributed by atoms with Crippen molar-refractivity contribution in [2.75, 3.05) is 7.11 Å². The van der Waals surface area contributed by atoms with Gasteiger partial charge in [-0.05, 0) is 25.5 Å². The largest absolute Gasteiger partial charge is 0.496 e. The molecule has 0 aliphatic rings. The van der Waals surface area contributed by atoms with Crippen LogP contribution in [0.4, 0.5) is 4.79 Å². The zero-order valence-corrected chi connectivity index (χ0v) is 11.8. The van der Waals surface area contributed by atoms with Crippen molar-refractivity contribution in [2.24, 2.45) is 0 Å². The molecule has 0 unspecified atom stereocenters. The summed E-state index contributed by atoms with van der Waals surface area (Å²) in [6.45, 7) is 3.38. The quantitative estimate of drug-likeness (QED) is 0.831. The van der Waals surface area contributed by atoms with E-state index >= 15 is 0 Å². The zero-order chi connectivity index (χ0) is 15.1. The average molecular weight is 281 g/mol. The number of methoxy groups -OCH3 is 1. The van der Waals surface area contributed by atoms with Crippen molar-refractivity contribution in [3.05, 3.63) is 29.8 Å². The van der Waals surface area contributed by atoms with Gasteiger partial charge in [0, 0.05) is 6.42 Å². The molecular weight excluding hydrogens is 262 g/mol. The third kappa shape index (κ3) is 4.79. The van der Waals surface area contributed by atoms with E-state index in [1.165, 1.54) is 7.11 Å². The van der Waals surface area contributed by atoms with Gasteiger partial charge < -0.3 is 19.9 Å². The molecule has 0 saturated carbocycles. The van der Waals surface area contributed by atoms with Crippen LogP contribution in [0.3, 0.4) is 0 Å². The second-order valence-electron chi connectivity index (χ2n) is 4.51. The first-order valence-electron chi connectivity index (χ1n) is 6.26. The van der Waals surface area contributed by atoms with Gasteiger partial charge in [-0.2, -0.15) is 0 Å². The highest BCUT2D eigenvalue weighted by Gasteiger charge is 2.22. The molecule has 6 nitrogen and oxygen atoms in total. The fourth-order valence-corrected chi connectivity index (χ4v) is 1.68. The van der Waals surface area contributed by atoms with E-state index in [9.17, 15) is 14.7 Å². The molecule has 0 saturated heterocycles. The summed E-state index contributed by atoms with van der Waals surface area (Å²) in [4.78, 5) is 22.7. The van der Waals surface area contributed by atoms with Gasteiger partial charge in [0.05, 0.1) is 13.2 Å². The molecule has 0 spiro atoms. The number of carbonyl (C=O) groups is 2. The van der Waals surface area contributed by atoms with E-state index in [1.54, 1.807) is 38.1 Å². The lowest BCUT2D eigenvalue weighted by atomic mass is 10.1. The van der Waals surface area contributed by atoms with Gasteiger partial charge in [-0.25, -0.2) is 9.59 Å². The summed E-state index contributed by atoms with van der Waals surface area (Å²) < 4.78 is 10.0. The highest BCUT2D eigenvalue weighted by molar-refractivity contribution is 5.80. The molecule has 0 heterocycles.